The first-order valence-corrected chi connectivity index (χ1v) is 8.48. The third-order valence-electron chi connectivity index (χ3n) is 4.23. The number of nitrogens with zero attached hydrogens (tertiary/aromatic N) is 3. The molecule has 3 heterocycles. The van der Waals surface area contributed by atoms with E-state index in [1.165, 1.54) is 22.3 Å². The van der Waals surface area contributed by atoms with Gasteiger partial charge in [0.05, 0.1) is 27.9 Å². The zero-order valence-corrected chi connectivity index (χ0v) is 12.7. The molecule has 106 valence electrons. The number of pyridine rings is 1. The Labute approximate surface area is 132 Å². The zero-order chi connectivity index (χ0) is 14.5. The summed E-state index contributed by atoms with van der Waals surface area (Å²) in [7, 11) is 0. The van der Waals surface area contributed by atoms with Crippen molar-refractivity contribution in [2.75, 3.05) is 0 Å². The molecule has 0 saturated carbocycles. The van der Waals surface area contributed by atoms with E-state index in [1.807, 2.05) is 24.2 Å². The van der Waals surface area contributed by atoms with Crippen LogP contribution in [0.2, 0.25) is 0 Å². The predicted octanol–water partition coefficient (Wildman–Crippen LogP) is 4.32. The second-order valence-electron chi connectivity index (χ2n) is 5.50. The lowest BCUT2D eigenvalue weighted by Crippen LogP contribution is -2.02. The van der Waals surface area contributed by atoms with Crippen LogP contribution in [-0.2, 0) is 11.5 Å². The molecule has 0 aliphatic carbocycles. The topological polar surface area (TPSA) is 30.7 Å². The van der Waals surface area contributed by atoms with Gasteiger partial charge >= 0.3 is 0 Å². The molecule has 3 nitrogen and oxygen atoms in total. The fourth-order valence-electron chi connectivity index (χ4n) is 3.22. The van der Waals surface area contributed by atoms with E-state index >= 15 is 0 Å². The molecule has 4 heteroatoms. The lowest BCUT2D eigenvalue weighted by molar-refractivity contribution is 1.06. The number of rotatable bonds is 1. The first-order chi connectivity index (χ1) is 10.9. The molecule has 0 N–H and O–H groups in total. The van der Waals surface area contributed by atoms with Crippen LogP contribution in [-0.4, -0.2) is 14.5 Å². The number of hydrogen-bond acceptors (Lipinski definition) is 3. The number of thioether (sulfide) groups is 1. The number of para-hydroxylation sites is 3. The van der Waals surface area contributed by atoms with Crippen LogP contribution >= 0.6 is 11.8 Å². The van der Waals surface area contributed by atoms with Gasteiger partial charge in [0.1, 0.15) is 6.33 Å². The Morgan fingerprint density at radius 2 is 1.73 bits per heavy atom. The fraction of sp³-hybridized carbons (Fsp3) is 0.111. The van der Waals surface area contributed by atoms with Gasteiger partial charge in [-0.05, 0) is 18.2 Å². The molecule has 2 aromatic carbocycles. The molecular formula is C18H13N3S. The molecule has 0 bridgehead atoms. The first kappa shape index (κ1) is 12.2. The standard InChI is InChI=1S/C18H13N3S/c1-2-6-14-12(5-1)18(13-9-22-10-16(13)20-14)21-11-19-15-7-3-4-8-17(15)21/h1-8,11H,9-10H2. The van der Waals surface area contributed by atoms with E-state index in [-0.39, 0.29) is 0 Å². The van der Waals surface area contributed by atoms with Crippen LogP contribution in [0.1, 0.15) is 11.3 Å². The van der Waals surface area contributed by atoms with Gasteiger partial charge < -0.3 is 0 Å². The first-order valence-electron chi connectivity index (χ1n) is 7.32. The largest absolute Gasteiger partial charge is 0.298 e. The van der Waals surface area contributed by atoms with Crippen LogP contribution in [0.15, 0.2) is 54.9 Å². The monoisotopic (exact) mass is 303 g/mol. The minimum Gasteiger partial charge on any atom is -0.298 e. The van der Waals surface area contributed by atoms with Gasteiger partial charge in [-0.1, -0.05) is 30.3 Å². The summed E-state index contributed by atoms with van der Waals surface area (Å²) in [6.07, 6.45) is 1.94. The van der Waals surface area contributed by atoms with Gasteiger partial charge in [-0.3, -0.25) is 9.55 Å². The molecule has 2 aromatic heterocycles. The average molecular weight is 303 g/mol. The molecule has 0 spiro atoms. The second kappa shape index (κ2) is 4.58. The van der Waals surface area contributed by atoms with Crippen LogP contribution in [0.5, 0.6) is 0 Å². The summed E-state index contributed by atoms with van der Waals surface area (Å²) in [6, 6.07) is 16.7. The van der Waals surface area contributed by atoms with Crippen molar-refractivity contribution >= 4 is 33.7 Å². The van der Waals surface area contributed by atoms with E-state index < -0.39 is 0 Å². The van der Waals surface area contributed by atoms with E-state index in [2.05, 4.69) is 52.0 Å². The SMILES string of the molecule is c1ccc2c(-n3cnc4ccccc43)c3c(nc2c1)CSC3. The zero-order valence-electron chi connectivity index (χ0n) is 11.9. The van der Waals surface area contributed by atoms with Gasteiger partial charge in [0.25, 0.3) is 0 Å². The minimum atomic E-state index is 1.000. The molecule has 0 atom stereocenters. The fourth-order valence-corrected chi connectivity index (χ4v) is 4.26. The number of hydrogen-bond donors (Lipinski definition) is 0. The maximum absolute atomic E-state index is 4.85. The molecule has 0 amide bonds. The highest BCUT2D eigenvalue weighted by molar-refractivity contribution is 7.98. The Balaban J connectivity index is 1.95. The Bertz CT molecular complexity index is 1020. The van der Waals surface area contributed by atoms with Gasteiger partial charge in [0.15, 0.2) is 0 Å². The molecule has 0 saturated heterocycles. The highest BCUT2D eigenvalue weighted by Crippen LogP contribution is 2.37. The van der Waals surface area contributed by atoms with Crippen molar-refractivity contribution in [3.8, 4) is 5.69 Å². The van der Waals surface area contributed by atoms with Gasteiger partial charge in [0.2, 0.25) is 0 Å². The van der Waals surface area contributed by atoms with E-state index in [1.54, 1.807) is 0 Å². The van der Waals surface area contributed by atoms with E-state index in [0.717, 1.165) is 28.1 Å². The number of aromatic nitrogens is 3. The molecule has 0 radical (unpaired) electrons. The van der Waals surface area contributed by atoms with E-state index in [4.69, 9.17) is 4.98 Å². The number of benzene rings is 2. The van der Waals surface area contributed by atoms with Crippen molar-refractivity contribution in [2.24, 2.45) is 0 Å². The minimum absolute atomic E-state index is 1.000. The summed E-state index contributed by atoms with van der Waals surface area (Å²) in [5.41, 5.74) is 7.07. The lowest BCUT2D eigenvalue weighted by Gasteiger charge is -2.13. The van der Waals surface area contributed by atoms with Crippen LogP contribution in [0, 0.1) is 0 Å². The van der Waals surface area contributed by atoms with Gasteiger partial charge in [-0.25, -0.2) is 4.98 Å². The Morgan fingerprint density at radius 1 is 0.909 bits per heavy atom. The van der Waals surface area contributed by atoms with Crippen molar-refractivity contribution in [2.45, 2.75) is 11.5 Å². The number of fused-ring (bicyclic) bond motifs is 3. The predicted molar refractivity (Wildman–Crippen MR) is 91.4 cm³/mol. The second-order valence-corrected chi connectivity index (χ2v) is 6.48. The summed E-state index contributed by atoms with van der Waals surface area (Å²) in [5, 5.41) is 1.20. The van der Waals surface area contributed by atoms with Crippen molar-refractivity contribution < 1.29 is 0 Å². The molecule has 0 unspecified atom stereocenters. The summed E-state index contributed by atoms with van der Waals surface area (Å²) in [5.74, 6) is 2.02. The van der Waals surface area contributed by atoms with Gasteiger partial charge in [0, 0.05) is 22.5 Å². The lowest BCUT2D eigenvalue weighted by atomic mass is 10.1. The van der Waals surface area contributed by atoms with E-state index in [9.17, 15) is 0 Å². The summed E-state index contributed by atoms with van der Waals surface area (Å²) < 4.78 is 2.23. The molecule has 0 fully saturated rings. The van der Waals surface area contributed by atoms with Crippen molar-refractivity contribution in [1.82, 2.24) is 14.5 Å². The quantitative estimate of drug-likeness (QED) is 0.524. The van der Waals surface area contributed by atoms with E-state index in [0.29, 0.717) is 0 Å². The maximum Gasteiger partial charge on any atom is 0.100 e. The number of imidazole rings is 1. The summed E-state index contributed by atoms with van der Waals surface area (Å²) >= 11 is 1.93. The van der Waals surface area contributed by atoms with Gasteiger partial charge in [-0.15, -0.1) is 0 Å². The summed E-state index contributed by atoms with van der Waals surface area (Å²) in [6.45, 7) is 0. The normalized spacial score (nSPS) is 13.8. The van der Waals surface area contributed by atoms with Crippen LogP contribution in [0.25, 0.3) is 27.6 Å². The van der Waals surface area contributed by atoms with Crippen molar-refractivity contribution in [1.29, 1.82) is 0 Å². The molecule has 4 aromatic rings. The van der Waals surface area contributed by atoms with Crippen LogP contribution in [0.3, 0.4) is 0 Å². The molecular weight excluding hydrogens is 290 g/mol. The van der Waals surface area contributed by atoms with Crippen molar-refractivity contribution in [3.63, 3.8) is 0 Å². The van der Waals surface area contributed by atoms with Crippen LogP contribution in [0.4, 0.5) is 0 Å². The Kier molecular flexibility index (Phi) is 2.55. The summed E-state index contributed by atoms with van der Waals surface area (Å²) in [4.78, 5) is 9.41. The third kappa shape index (κ3) is 1.64. The maximum atomic E-state index is 4.85. The molecule has 1 aliphatic rings. The molecule has 5 rings (SSSR count). The average Bonchev–Trinajstić information content (AvgIpc) is 3.19. The highest BCUT2D eigenvalue weighted by atomic mass is 32.2. The molecule has 22 heavy (non-hydrogen) atoms. The van der Waals surface area contributed by atoms with Crippen LogP contribution < -0.4 is 0 Å². The van der Waals surface area contributed by atoms with Crippen molar-refractivity contribution in [3.05, 3.63) is 66.1 Å². The smallest absolute Gasteiger partial charge is 0.100 e. The molecule has 1 aliphatic heterocycles. The highest BCUT2D eigenvalue weighted by Gasteiger charge is 2.21. The van der Waals surface area contributed by atoms with Gasteiger partial charge in [-0.2, -0.15) is 11.8 Å². The Morgan fingerprint density at radius 3 is 2.68 bits per heavy atom. The third-order valence-corrected chi connectivity index (χ3v) is 5.20. The Hall–Kier alpha value is -2.33.